The van der Waals surface area contributed by atoms with E-state index in [9.17, 15) is 4.79 Å². The number of likely N-dealkylation sites (tertiary alicyclic amines) is 1. The molecule has 1 unspecified atom stereocenters. The molecule has 0 spiro atoms. The number of fused-ring (bicyclic) bond motifs is 1. The first-order valence-electron chi connectivity index (χ1n) is 7.16. The van der Waals surface area contributed by atoms with Gasteiger partial charge in [0.2, 0.25) is 0 Å². The lowest BCUT2D eigenvalue weighted by Crippen LogP contribution is -2.38. The lowest BCUT2D eigenvalue weighted by Gasteiger charge is -2.22. The van der Waals surface area contributed by atoms with E-state index in [1.165, 1.54) is 4.88 Å². The van der Waals surface area contributed by atoms with Gasteiger partial charge in [-0.3, -0.25) is 4.79 Å². The number of aromatic nitrogens is 1. The maximum absolute atomic E-state index is 12.6. The molecule has 2 aliphatic heterocycles. The normalized spacial score (nSPS) is 23.1. The molecule has 0 saturated carbocycles. The molecule has 1 aromatic heterocycles. The van der Waals surface area contributed by atoms with Gasteiger partial charge in [0.25, 0.3) is 5.91 Å². The van der Waals surface area contributed by atoms with Gasteiger partial charge in [-0.2, -0.15) is 0 Å². The fraction of sp³-hybridized carbons (Fsp3) is 0.714. The molecule has 0 N–H and O–H groups in total. The Labute approximate surface area is 123 Å². The van der Waals surface area contributed by atoms with Crippen LogP contribution in [0, 0.1) is 0 Å². The second-order valence-electron chi connectivity index (χ2n) is 5.63. The van der Waals surface area contributed by atoms with Crippen LogP contribution in [-0.4, -0.2) is 60.6 Å². The monoisotopic (exact) mass is 295 g/mol. The van der Waals surface area contributed by atoms with Crippen LogP contribution in [0.3, 0.4) is 0 Å². The lowest BCUT2D eigenvalue weighted by molar-refractivity contribution is 0.0630. The maximum Gasteiger partial charge on any atom is 0.283 e. The van der Waals surface area contributed by atoms with Gasteiger partial charge in [-0.25, -0.2) is 4.98 Å². The van der Waals surface area contributed by atoms with Gasteiger partial charge >= 0.3 is 0 Å². The van der Waals surface area contributed by atoms with Crippen molar-refractivity contribution in [3.05, 3.63) is 15.6 Å². The van der Waals surface area contributed by atoms with Crippen LogP contribution < -0.4 is 0 Å². The molecule has 3 rings (SSSR count). The summed E-state index contributed by atoms with van der Waals surface area (Å²) in [5.74, 6) is 0.0894. The van der Waals surface area contributed by atoms with Gasteiger partial charge < -0.3 is 14.5 Å². The van der Waals surface area contributed by atoms with Crippen molar-refractivity contribution in [1.82, 2.24) is 14.8 Å². The van der Waals surface area contributed by atoms with Crippen molar-refractivity contribution in [2.75, 3.05) is 33.9 Å². The summed E-state index contributed by atoms with van der Waals surface area (Å²) in [4.78, 5) is 22.7. The Kier molecular flexibility index (Phi) is 4.05. The molecule has 0 radical (unpaired) electrons. The minimum atomic E-state index is 0.0894. The number of rotatable bonds is 3. The van der Waals surface area contributed by atoms with Crippen LogP contribution in [0.15, 0.2) is 0 Å². The number of carbonyl (C=O) groups is 1. The van der Waals surface area contributed by atoms with Gasteiger partial charge in [-0.1, -0.05) is 0 Å². The van der Waals surface area contributed by atoms with Crippen LogP contribution >= 0.6 is 11.3 Å². The van der Waals surface area contributed by atoms with Crippen molar-refractivity contribution >= 4 is 17.2 Å². The summed E-state index contributed by atoms with van der Waals surface area (Å²) in [5.41, 5.74) is 1.12. The van der Waals surface area contributed by atoms with E-state index in [4.69, 9.17) is 4.74 Å². The van der Waals surface area contributed by atoms with E-state index in [1.807, 2.05) is 4.90 Å². The summed E-state index contributed by atoms with van der Waals surface area (Å²) >= 11 is 1.57. The van der Waals surface area contributed by atoms with Gasteiger partial charge in [0.15, 0.2) is 5.01 Å². The standard InChI is InChI=1S/C14H21N3O2S/c1-16-7-5-11-12(8-16)20-13(15-11)14(18)17-6-3-4-10(17)9-19-2/h10H,3-9H2,1-2H3. The molecule has 0 aliphatic carbocycles. The number of likely N-dealkylation sites (N-methyl/N-ethyl adjacent to an activating group) is 1. The lowest BCUT2D eigenvalue weighted by atomic mass is 10.2. The number of hydrogen-bond donors (Lipinski definition) is 0. The van der Waals surface area contributed by atoms with Crippen LogP contribution in [0.4, 0.5) is 0 Å². The topological polar surface area (TPSA) is 45.7 Å². The number of hydrogen-bond acceptors (Lipinski definition) is 5. The minimum absolute atomic E-state index is 0.0894. The molecule has 1 atom stereocenters. The Bertz CT molecular complexity index is 503. The van der Waals surface area contributed by atoms with Crippen molar-refractivity contribution in [2.45, 2.75) is 31.8 Å². The summed E-state index contributed by atoms with van der Waals surface area (Å²) < 4.78 is 5.22. The first-order chi connectivity index (χ1) is 9.69. The molecule has 20 heavy (non-hydrogen) atoms. The first kappa shape index (κ1) is 14.0. The molecule has 5 nitrogen and oxygen atoms in total. The third-order valence-electron chi connectivity index (χ3n) is 4.10. The molecule has 1 fully saturated rings. The van der Waals surface area contributed by atoms with E-state index in [2.05, 4.69) is 16.9 Å². The second kappa shape index (κ2) is 5.79. The van der Waals surface area contributed by atoms with E-state index < -0.39 is 0 Å². The predicted octanol–water partition coefficient (Wildman–Crippen LogP) is 1.38. The third-order valence-corrected chi connectivity index (χ3v) is 5.17. The highest BCUT2D eigenvalue weighted by atomic mass is 32.1. The van der Waals surface area contributed by atoms with Crippen molar-refractivity contribution in [2.24, 2.45) is 0 Å². The van der Waals surface area contributed by atoms with Gasteiger partial charge in [0.05, 0.1) is 18.3 Å². The highest BCUT2D eigenvalue weighted by Gasteiger charge is 2.32. The van der Waals surface area contributed by atoms with E-state index in [1.54, 1.807) is 18.4 Å². The Morgan fingerprint density at radius 3 is 3.15 bits per heavy atom. The number of nitrogens with zero attached hydrogens (tertiary/aromatic N) is 3. The Hall–Kier alpha value is -0.980. The highest BCUT2D eigenvalue weighted by molar-refractivity contribution is 7.13. The zero-order valence-corrected chi connectivity index (χ0v) is 12.9. The first-order valence-corrected chi connectivity index (χ1v) is 7.97. The fourth-order valence-corrected chi connectivity index (χ4v) is 4.15. The summed E-state index contributed by atoms with van der Waals surface area (Å²) in [6, 6.07) is 0.219. The fourth-order valence-electron chi connectivity index (χ4n) is 3.01. The van der Waals surface area contributed by atoms with Crippen LogP contribution in [-0.2, 0) is 17.7 Å². The van der Waals surface area contributed by atoms with E-state index in [0.29, 0.717) is 11.6 Å². The molecule has 1 aromatic rings. The number of amides is 1. The summed E-state index contributed by atoms with van der Waals surface area (Å²) in [6.45, 7) is 3.40. The van der Waals surface area contributed by atoms with Crippen molar-refractivity contribution < 1.29 is 9.53 Å². The van der Waals surface area contributed by atoms with E-state index in [0.717, 1.165) is 44.6 Å². The van der Waals surface area contributed by atoms with Gasteiger partial charge in [0.1, 0.15) is 0 Å². The molecule has 1 saturated heterocycles. The van der Waals surface area contributed by atoms with Crippen LogP contribution in [0.5, 0.6) is 0 Å². The predicted molar refractivity (Wildman–Crippen MR) is 78.1 cm³/mol. The van der Waals surface area contributed by atoms with Gasteiger partial charge in [-0.05, 0) is 19.9 Å². The van der Waals surface area contributed by atoms with Crippen molar-refractivity contribution in [1.29, 1.82) is 0 Å². The summed E-state index contributed by atoms with van der Waals surface area (Å²) in [5, 5.41) is 0.660. The van der Waals surface area contributed by atoms with Crippen LogP contribution in [0.25, 0.3) is 0 Å². The van der Waals surface area contributed by atoms with Gasteiger partial charge in [0, 0.05) is 38.0 Å². The quantitative estimate of drug-likeness (QED) is 0.845. The molecule has 0 bridgehead atoms. The number of ether oxygens (including phenoxy) is 1. The highest BCUT2D eigenvalue weighted by Crippen LogP contribution is 2.27. The maximum atomic E-state index is 12.6. The summed E-state index contributed by atoms with van der Waals surface area (Å²) in [7, 11) is 3.80. The molecule has 3 heterocycles. The Morgan fingerprint density at radius 2 is 2.35 bits per heavy atom. The molecule has 6 heteroatoms. The smallest absolute Gasteiger partial charge is 0.283 e. The summed E-state index contributed by atoms with van der Waals surface area (Å²) in [6.07, 6.45) is 3.05. The molecule has 0 aromatic carbocycles. The second-order valence-corrected chi connectivity index (χ2v) is 6.71. The molecular formula is C14H21N3O2S. The molecular weight excluding hydrogens is 274 g/mol. The zero-order valence-electron chi connectivity index (χ0n) is 12.1. The molecule has 2 aliphatic rings. The Balaban J connectivity index is 1.77. The number of carbonyl (C=O) groups excluding carboxylic acids is 1. The van der Waals surface area contributed by atoms with Crippen molar-refractivity contribution in [3.8, 4) is 0 Å². The van der Waals surface area contributed by atoms with Gasteiger partial charge in [-0.15, -0.1) is 11.3 Å². The van der Waals surface area contributed by atoms with Crippen LogP contribution in [0.1, 0.15) is 33.2 Å². The number of methoxy groups -OCH3 is 1. The average molecular weight is 295 g/mol. The zero-order chi connectivity index (χ0) is 14.1. The van der Waals surface area contributed by atoms with E-state index >= 15 is 0 Å². The SMILES string of the molecule is COCC1CCCN1C(=O)c1nc2c(s1)CN(C)CC2. The average Bonchev–Trinajstić information content (AvgIpc) is 3.04. The van der Waals surface area contributed by atoms with Crippen LogP contribution in [0.2, 0.25) is 0 Å². The minimum Gasteiger partial charge on any atom is -0.383 e. The molecule has 110 valence electrons. The van der Waals surface area contributed by atoms with Crippen molar-refractivity contribution in [3.63, 3.8) is 0 Å². The third kappa shape index (κ3) is 2.60. The van der Waals surface area contributed by atoms with E-state index in [-0.39, 0.29) is 11.9 Å². The Morgan fingerprint density at radius 1 is 1.50 bits per heavy atom. The number of thiazole rings is 1. The largest absolute Gasteiger partial charge is 0.383 e. The molecule has 1 amide bonds.